The normalized spacial score (nSPS) is 20.2. The first-order valence-electron chi connectivity index (χ1n) is 10.4. The van der Waals surface area contributed by atoms with Crippen LogP contribution >= 0.6 is 0 Å². The molecule has 2 aromatic rings. The lowest BCUT2D eigenvalue weighted by Gasteiger charge is -2.37. The van der Waals surface area contributed by atoms with Gasteiger partial charge >= 0.3 is 0 Å². The number of carbonyl (C=O) groups excluding carboxylic acids is 1. The third-order valence-electron chi connectivity index (χ3n) is 5.56. The standard InChI is InChI=1S/C21H30N4O6S/c1-12-10-25(13(2)11-26)21(27)17-8-16(6-7-18(17)30-19(12)9-22-5)24-32(28,29)20-14(3)23-31-15(20)4/h6-8,12-13,19,22,24,26H,9-11H2,1-5H3/t12-,13+,19-/m1/s1. The monoisotopic (exact) mass is 466 g/mol. The van der Waals surface area contributed by atoms with Crippen molar-refractivity contribution in [2.45, 2.75) is 44.7 Å². The van der Waals surface area contributed by atoms with Crippen LogP contribution in [0, 0.1) is 19.8 Å². The van der Waals surface area contributed by atoms with E-state index in [0.29, 0.717) is 18.8 Å². The number of sulfonamides is 1. The van der Waals surface area contributed by atoms with Gasteiger partial charge in [0, 0.05) is 24.7 Å². The predicted molar refractivity (Wildman–Crippen MR) is 118 cm³/mol. The second kappa shape index (κ2) is 9.47. The maximum atomic E-state index is 13.4. The molecule has 0 fully saturated rings. The van der Waals surface area contributed by atoms with Crippen molar-refractivity contribution in [3.05, 3.63) is 35.2 Å². The lowest BCUT2D eigenvalue weighted by atomic mass is 9.99. The van der Waals surface area contributed by atoms with Crippen LogP contribution in [-0.4, -0.2) is 68.4 Å². The van der Waals surface area contributed by atoms with Crippen LogP contribution in [0.25, 0.3) is 0 Å². The fourth-order valence-electron chi connectivity index (χ4n) is 3.80. The fraction of sp³-hybridized carbons (Fsp3) is 0.524. The number of anilines is 1. The molecule has 3 rings (SSSR count). The van der Waals surface area contributed by atoms with E-state index in [9.17, 15) is 18.3 Å². The van der Waals surface area contributed by atoms with Gasteiger partial charge in [0.1, 0.15) is 17.5 Å². The first-order chi connectivity index (χ1) is 15.1. The molecule has 0 aliphatic carbocycles. The van der Waals surface area contributed by atoms with Crippen LogP contribution in [0.2, 0.25) is 0 Å². The van der Waals surface area contributed by atoms with Crippen LogP contribution < -0.4 is 14.8 Å². The number of aromatic nitrogens is 1. The summed E-state index contributed by atoms with van der Waals surface area (Å²) in [7, 11) is -2.16. The van der Waals surface area contributed by atoms with E-state index in [1.54, 1.807) is 30.9 Å². The number of carbonyl (C=O) groups is 1. The molecule has 1 aromatic heterocycles. The Morgan fingerprint density at radius 2 is 2.06 bits per heavy atom. The molecular weight excluding hydrogens is 436 g/mol. The van der Waals surface area contributed by atoms with Crippen molar-refractivity contribution in [2.75, 3.05) is 31.5 Å². The molecule has 3 N–H and O–H groups in total. The average Bonchev–Trinajstić information content (AvgIpc) is 3.09. The molecule has 10 nitrogen and oxygen atoms in total. The SMILES string of the molecule is CNC[C@H]1Oc2ccc(NS(=O)(=O)c3c(C)noc3C)cc2C(=O)N([C@@H](C)CO)C[C@H]1C. The van der Waals surface area contributed by atoms with Gasteiger partial charge in [0.15, 0.2) is 10.7 Å². The molecule has 3 atom stereocenters. The van der Waals surface area contributed by atoms with Gasteiger partial charge in [-0.1, -0.05) is 12.1 Å². The first-order valence-corrected chi connectivity index (χ1v) is 11.9. The van der Waals surface area contributed by atoms with Crippen molar-refractivity contribution in [1.29, 1.82) is 0 Å². The Bertz CT molecular complexity index is 1060. The van der Waals surface area contributed by atoms with E-state index in [1.807, 2.05) is 14.0 Å². The number of fused-ring (bicyclic) bond motifs is 1. The number of rotatable bonds is 7. The molecule has 0 bridgehead atoms. The molecule has 1 aliphatic heterocycles. The topological polar surface area (TPSA) is 134 Å². The first kappa shape index (κ1) is 24.0. The molecule has 11 heteroatoms. The Morgan fingerprint density at radius 1 is 1.34 bits per heavy atom. The smallest absolute Gasteiger partial charge is 0.267 e. The summed E-state index contributed by atoms with van der Waals surface area (Å²) in [5, 5.41) is 16.5. The number of aliphatic hydroxyl groups excluding tert-OH is 1. The third-order valence-corrected chi connectivity index (χ3v) is 7.18. The number of likely N-dealkylation sites (N-methyl/N-ethyl adjacent to an activating group) is 1. The van der Waals surface area contributed by atoms with E-state index in [4.69, 9.17) is 9.26 Å². The maximum absolute atomic E-state index is 13.4. The number of nitrogens with zero attached hydrogens (tertiary/aromatic N) is 2. The van der Waals surface area contributed by atoms with Gasteiger partial charge in [-0.05, 0) is 46.0 Å². The highest BCUT2D eigenvalue weighted by molar-refractivity contribution is 7.92. The number of hydrogen-bond donors (Lipinski definition) is 3. The van der Waals surface area contributed by atoms with Crippen LogP contribution in [-0.2, 0) is 10.0 Å². The number of aryl methyl sites for hydroxylation is 2. The molecule has 32 heavy (non-hydrogen) atoms. The van der Waals surface area contributed by atoms with Gasteiger partial charge in [0.05, 0.1) is 18.2 Å². The number of aliphatic hydroxyl groups is 1. The Kier molecular flexibility index (Phi) is 7.11. The van der Waals surface area contributed by atoms with Gasteiger partial charge in [0.25, 0.3) is 15.9 Å². The van der Waals surface area contributed by atoms with Crippen molar-refractivity contribution in [2.24, 2.45) is 5.92 Å². The fourth-order valence-corrected chi connectivity index (χ4v) is 5.18. The molecule has 0 saturated heterocycles. The largest absolute Gasteiger partial charge is 0.488 e. The minimum absolute atomic E-state index is 0.00581. The van der Waals surface area contributed by atoms with Gasteiger partial charge in [-0.3, -0.25) is 9.52 Å². The second-order valence-electron chi connectivity index (χ2n) is 8.15. The Morgan fingerprint density at radius 3 is 2.66 bits per heavy atom. The number of ether oxygens (including phenoxy) is 1. The van der Waals surface area contributed by atoms with E-state index in [-0.39, 0.29) is 52.1 Å². The van der Waals surface area contributed by atoms with E-state index < -0.39 is 16.1 Å². The molecular formula is C21H30N4O6S. The van der Waals surface area contributed by atoms with Crippen molar-refractivity contribution in [1.82, 2.24) is 15.4 Å². The quantitative estimate of drug-likeness (QED) is 0.559. The van der Waals surface area contributed by atoms with Gasteiger partial charge in [-0.2, -0.15) is 0 Å². The summed E-state index contributed by atoms with van der Waals surface area (Å²) in [5.41, 5.74) is 0.667. The molecule has 0 spiro atoms. The van der Waals surface area contributed by atoms with Crippen LogP contribution in [0.4, 0.5) is 5.69 Å². The highest BCUT2D eigenvalue weighted by Crippen LogP contribution is 2.31. The predicted octanol–water partition coefficient (Wildman–Crippen LogP) is 1.53. The van der Waals surface area contributed by atoms with E-state index >= 15 is 0 Å². The zero-order chi connectivity index (χ0) is 23.6. The van der Waals surface area contributed by atoms with Crippen LogP contribution in [0.5, 0.6) is 5.75 Å². The number of nitrogens with one attached hydrogen (secondary N) is 2. The number of benzene rings is 1. The van der Waals surface area contributed by atoms with Crippen LogP contribution in [0.1, 0.15) is 35.7 Å². The molecule has 0 saturated carbocycles. The van der Waals surface area contributed by atoms with E-state index in [2.05, 4.69) is 15.2 Å². The van der Waals surface area contributed by atoms with Gasteiger partial charge in [0.2, 0.25) is 0 Å². The summed E-state index contributed by atoms with van der Waals surface area (Å²) in [6.07, 6.45) is -0.218. The molecule has 1 aliphatic rings. The Hall–Kier alpha value is -2.63. The minimum Gasteiger partial charge on any atom is -0.488 e. The molecule has 176 valence electrons. The van der Waals surface area contributed by atoms with E-state index in [0.717, 1.165) is 0 Å². The molecule has 1 aromatic carbocycles. The van der Waals surface area contributed by atoms with Gasteiger partial charge in [-0.25, -0.2) is 8.42 Å². The third kappa shape index (κ3) is 4.74. The highest BCUT2D eigenvalue weighted by Gasteiger charge is 2.33. The van der Waals surface area contributed by atoms with Crippen molar-refractivity contribution >= 4 is 21.6 Å². The summed E-state index contributed by atoms with van der Waals surface area (Å²) in [6, 6.07) is 4.18. The average molecular weight is 467 g/mol. The summed E-state index contributed by atoms with van der Waals surface area (Å²) >= 11 is 0. The lowest BCUT2D eigenvalue weighted by molar-refractivity contribution is 0.0416. The second-order valence-corrected chi connectivity index (χ2v) is 9.77. The van der Waals surface area contributed by atoms with Crippen molar-refractivity contribution in [3.63, 3.8) is 0 Å². The zero-order valence-corrected chi connectivity index (χ0v) is 19.7. The summed E-state index contributed by atoms with van der Waals surface area (Å²) in [6.45, 7) is 7.58. The number of amides is 1. The molecule has 1 amide bonds. The summed E-state index contributed by atoms with van der Waals surface area (Å²) in [5.74, 6) is 0.200. The summed E-state index contributed by atoms with van der Waals surface area (Å²) < 4.78 is 39.4. The molecule has 0 unspecified atom stereocenters. The van der Waals surface area contributed by atoms with Crippen LogP contribution in [0.15, 0.2) is 27.6 Å². The minimum atomic E-state index is -3.98. The maximum Gasteiger partial charge on any atom is 0.267 e. The zero-order valence-electron chi connectivity index (χ0n) is 18.9. The Balaban J connectivity index is 2.02. The van der Waals surface area contributed by atoms with Crippen LogP contribution in [0.3, 0.4) is 0 Å². The van der Waals surface area contributed by atoms with Gasteiger partial charge < -0.3 is 24.6 Å². The lowest BCUT2D eigenvalue weighted by Crippen LogP contribution is -2.49. The Labute approximate surface area is 188 Å². The van der Waals surface area contributed by atoms with Gasteiger partial charge in [-0.15, -0.1) is 0 Å². The van der Waals surface area contributed by atoms with Crippen molar-refractivity contribution in [3.8, 4) is 5.75 Å². The highest BCUT2D eigenvalue weighted by atomic mass is 32.2. The molecule has 0 radical (unpaired) electrons. The number of hydrogen-bond acceptors (Lipinski definition) is 8. The molecule has 2 heterocycles. The van der Waals surface area contributed by atoms with Crippen molar-refractivity contribution < 1.29 is 27.6 Å². The summed E-state index contributed by atoms with van der Waals surface area (Å²) in [4.78, 5) is 14.9. The van der Waals surface area contributed by atoms with E-state index in [1.165, 1.54) is 13.0 Å².